The number of rotatable bonds is 11. The summed E-state index contributed by atoms with van der Waals surface area (Å²) in [6, 6.07) is 10.8. The average Bonchev–Trinajstić information content (AvgIpc) is 2.95. The van der Waals surface area contributed by atoms with E-state index in [1.54, 1.807) is 0 Å². The largest absolute Gasteiger partial charge is 0.355 e. The molecule has 1 aliphatic heterocycles. The van der Waals surface area contributed by atoms with E-state index in [9.17, 15) is 0 Å². The summed E-state index contributed by atoms with van der Waals surface area (Å²) in [6.07, 6.45) is 17.4. The van der Waals surface area contributed by atoms with Crippen LogP contribution in [0.5, 0.6) is 0 Å². The van der Waals surface area contributed by atoms with Crippen molar-refractivity contribution in [2.45, 2.75) is 70.9 Å². The molecule has 1 heterocycles. The van der Waals surface area contributed by atoms with Crippen LogP contribution >= 0.6 is 0 Å². The summed E-state index contributed by atoms with van der Waals surface area (Å²) in [6.45, 7) is 3.45. The van der Waals surface area contributed by atoms with Crippen molar-refractivity contribution in [2.24, 2.45) is 0 Å². The zero-order valence-electron chi connectivity index (χ0n) is 15.1. The van der Waals surface area contributed by atoms with E-state index in [1.165, 1.54) is 63.4 Å². The van der Waals surface area contributed by atoms with E-state index >= 15 is 0 Å². The Balaban J connectivity index is 1.62. The fraction of sp³-hybridized carbons (Fsp3) is 0.619. The summed E-state index contributed by atoms with van der Waals surface area (Å²) in [5.74, 6) is 0. The molecule has 0 radical (unpaired) electrons. The van der Waals surface area contributed by atoms with E-state index in [0.717, 1.165) is 6.54 Å². The molecule has 2 heteroatoms. The standard InChI is InChI=1S/C21H34N2/c1-3-4-5-6-7-8-9-10-14-17-23-19-18-22(2)21(23)20-15-12-11-13-16-20/h11-13,15-16,18-19,21H,3-10,14,17H2,1-2H3. The van der Waals surface area contributed by atoms with Gasteiger partial charge in [-0.1, -0.05) is 88.6 Å². The Morgan fingerprint density at radius 1 is 0.783 bits per heavy atom. The first-order valence-electron chi connectivity index (χ1n) is 9.54. The maximum Gasteiger partial charge on any atom is 0.127 e. The van der Waals surface area contributed by atoms with Gasteiger partial charge in [0, 0.05) is 26.0 Å². The summed E-state index contributed by atoms with van der Waals surface area (Å²) >= 11 is 0. The molecule has 0 spiro atoms. The zero-order chi connectivity index (χ0) is 16.3. The third-order valence-corrected chi connectivity index (χ3v) is 4.81. The third kappa shape index (κ3) is 5.93. The summed E-state index contributed by atoms with van der Waals surface area (Å²) in [5.41, 5.74) is 1.39. The maximum atomic E-state index is 2.48. The van der Waals surface area contributed by atoms with E-state index in [1.807, 2.05) is 0 Å². The monoisotopic (exact) mass is 314 g/mol. The van der Waals surface area contributed by atoms with Crippen LogP contribution in [0.3, 0.4) is 0 Å². The smallest absolute Gasteiger partial charge is 0.127 e. The molecule has 0 aliphatic carbocycles. The van der Waals surface area contributed by atoms with E-state index in [2.05, 4.69) is 66.5 Å². The molecular weight excluding hydrogens is 280 g/mol. The maximum absolute atomic E-state index is 2.48. The van der Waals surface area contributed by atoms with Crippen molar-refractivity contribution in [2.75, 3.05) is 13.6 Å². The molecule has 2 nitrogen and oxygen atoms in total. The van der Waals surface area contributed by atoms with Gasteiger partial charge in [-0.05, 0) is 12.0 Å². The van der Waals surface area contributed by atoms with Crippen molar-refractivity contribution >= 4 is 0 Å². The number of hydrogen-bond donors (Lipinski definition) is 0. The third-order valence-electron chi connectivity index (χ3n) is 4.81. The molecule has 1 atom stereocenters. The lowest BCUT2D eigenvalue weighted by atomic mass is 10.1. The molecule has 128 valence electrons. The number of nitrogens with zero attached hydrogens (tertiary/aromatic N) is 2. The molecule has 0 fully saturated rings. The van der Waals surface area contributed by atoms with Gasteiger partial charge in [0.1, 0.15) is 6.17 Å². The Labute approximate surface area is 143 Å². The van der Waals surface area contributed by atoms with Crippen LogP contribution in [0.1, 0.15) is 76.4 Å². The molecule has 1 aliphatic rings. The Morgan fingerprint density at radius 3 is 2.04 bits per heavy atom. The highest BCUT2D eigenvalue weighted by atomic mass is 15.4. The number of benzene rings is 1. The summed E-state index contributed by atoms with van der Waals surface area (Å²) in [5, 5.41) is 0. The first-order valence-corrected chi connectivity index (χ1v) is 9.54. The second-order valence-corrected chi connectivity index (χ2v) is 6.81. The Hall–Kier alpha value is -1.44. The summed E-state index contributed by atoms with van der Waals surface area (Å²) < 4.78 is 0. The van der Waals surface area contributed by atoms with Gasteiger partial charge in [0.05, 0.1) is 0 Å². The highest BCUT2D eigenvalue weighted by Crippen LogP contribution is 2.29. The minimum atomic E-state index is 0.380. The highest BCUT2D eigenvalue weighted by Gasteiger charge is 2.24. The molecule has 1 unspecified atom stereocenters. The zero-order valence-corrected chi connectivity index (χ0v) is 15.1. The first kappa shape index (κ1) is 17.9. The fourth-order valence-corrected chi connectivity index (χ4v) is 3.44. The van der Waals surface area contributed by atoms with Gasteiger partial charge < -0.3 is 9.80 Å². The Morgan fingerprint density at radius 2 is 1.39 bits per heavy atom. The summed E-state index contributed by atoms with van der Waals surface area (Å²) in [4.78, 5) is 4.79. The van der Waals surface area contributed by atoms with Gasteiger partial charge in [-0.15, -0.1) is 0 Å². The lowest BCUT2D eigenvalue weighted by Crippen LogP contribution is -2.29. The Bertz CT molecular complexity index is 440. The van der Waals surface area contributed by atoms with E-state index < -0.39 is 0 Å². The molecule has 1 aromatic carbocycles. The SMILES string of the molecule is CCCCCCCCCCCN1C=CN(C)C1c1ccccc1. The van der Waals surface area contributed by atoms with Crippen LogP contribution in [0, 0.1) is 0 Å². The molecule has 0 aromatic heterocycles. The molecule has 0 N–H and O–H groups in total. The van der Waals surface area contributed by atoms with Crippen molar-refractivity contribution in [3.63, 3.8) is 0 Å². The molecular formula is C21H34N2. The molecule has 1 aromatic rings. The molecule has 23 heavy (non-hydrogen) atoms. The van der Waals surface area contributed by atoms with Crippen molar-refractivity contribution < 1.29 is 0 Å². The van der Waals surface area contributed by atoms with Crippen LogP contribution in [0.2, 0.25) is 0 Å². The van der Waals surface area contributed by atoms with Crippen molar-refractivity contribution in [3.8, 4) is 0 Å². The average molecular weight is 315 g/mol. The van der Waals surface area contributed by atoms with Crippen molar-refractivity contribution in [1.82, 2.24) is 9.80 Å². The fourth-order valence-electron chi connectivity index (χ4n) is 3.44. The van der Waals surface area contributed by atoms with E-state index in [0.29, 0.717) is 6.17 Å². The predicted molar refractivity (Wildman–Crippen MR) is 100 cm³/mol. The van der Waals surface area contributed by atoms with Crippen LogP contribution in [0.4, 0.5) is 0 Å². The van der Waals surface area contributed by atoms with Crippen LogP contribution in [0.25, 0.3) is 0 Å². The number of unbranched alkanes of at least 4 members (excludes halogenated alkanes) is 8. The first-order chi connectivity index (χ1) is 11.3. The minimum Gasteiger partial charge on any atom is -0.355 e. The van der Waals surface area contributed by atoms with Crippen LogP contribution in [-0.2, 0) is 0 Å². The normalized spacial score (nSPS) is 17.2. The second kappa shape index (κ2) is 10.4. The molecule has 0 saturated carbocycles. The molecule has 0 amide bonds. The van der Waals surface area contributed by atoms with E-state index in [-0.39, 0.29) is 0 Å². The molecule has 0 bridgehead atoms. The lowest BCUT2D eigenvalue weighted by Gasteiger charge is -2.31. The minimum absolute atomic E-state index is 0.380. The van der Waals surface area contributed by atoms with Gasteiger partial charge in [-0.25, -0.2) is 0 Å². The topological polar surface area (TPSA) is 6.48 Å². The van der Waals surface area contributed by atoms with Crippen LogP contribution in [-0.4, -0.2) is 23.4 Å². The van der Waals surface area contributed by atoms with Gasteiger partial charge in [0.15, 0.2) is 0 Å². The summed E-state index contributed by atoms with van der Waals surface area (Å²) in [7, 11) is 2.17. The van der Waals surface area contributed by atoms with Crippen LogP contribution < -0.4 is 0 Å². The van der Waals surface area contributed by atoms with Crippen molar-refractivity contribution in [1.29, 1.82) is 0 Å². The second-order valence-electron chi connectivity index (χ2n) is 6.81. The van der Waals surface area contributed by atoms with Gasteiger partial charge in [-0.2, -0.15) is 0 Å². The number of hydrogen-bond acceptors (Lipinski definition) is 2. The lowest BCUT2D eigenvalue weighted by molar-refractivity contribution is 0.176. The van der Waals surface area contributed by atoms with Gasteiger partial charge in [-0.3, -0.25) is 0 Å². The highest BCUT2D eigenvalue weighted by molar-refractivity contribution is 5.21. The quantitative estimate of drug-likeness (QED) is 0.467. The van der Waals surface area contributed by atoms with Crippen LogP contribution in [0.15, 0.2) is 42.7 Å². The van der Waals surface area contributed by atoms with Gasteiger partial charge in [0.2, 0.25) is 0 Å². The van der Waals surface area contributed by atoms with Gasteiger partial charge >= 0.3 is 0 Å². The molecule has 2 rings (SSSR count). The Kier molecular flexibility index (Phi) is 8.06. The van der Waals surface area contributed by atoms with Crippen molar-refractivity contribution in [3.05, 3.63) is 48.3 Å². The predicted octanol–water partition coefficient (Wildman–Crippen LogP) is 5.93. The van der Waals surface area contributed by atoms with E-state index in [4.69, 9.17) is 0 Å². The van der Waals surface area contributed by atoms with Gasteiger partial charge in [0.25, 0.3) is 0 Å². The molecule has 0 saturated heterocycles.